The number of carbonyl (C=O) groups excluding carboxylic acids is 2. The summed E-state index contributed by atoms with van der Waals surface area (Å²) < 4.78 is 7.42. The maximum atomic E-state index is 12.5. The van der Waals surface area contributed by atoms with Crippen LogP contribution in [0.2, 0.25) is 0 Å². The van der Waals surface area contributed by atoms with Crippen molar-refractivity contribution in [2.75, 3.05) is 6.54 Å². The van der Waals surface area contributed by atoms with E-state index in [2.05, 4.69) is 21.8 Å². The minimum Gasteiger partial charge on any atom is -0.444 e. The first kappa shape index (κ1) is 15.8. The van der Waals surface area contributed by atoms with Crippen molar-refractivity contribution < 1.29 is 14.3 Å². The molecule has 0 unspecified atom stereocenters. The SMILES string of the molecule is C[C@H]1C[C@H](NC(=O)[C@H]2CCN2C(=O)OC(C)(C)C)c2nccn21. The van der Waals surface area contributed by atoms with Crippen molar-refractivity contribution in [2.45, 2.75) is 64.3 Å². The van der Waals surface area contributed by atoms with Gasteiger partial charge in [0.05, 0.1) is 6.04 Å². The molecule has 1 fully saturated rings. The van der Waals surface area contributed by atoms with Gasteiger partial charge in [-0.2, -0.15) is 0 Å². The van der Waals surface area contributed by atoms with Gasteiger partial charge in [0.15, 0.2) is 0 Å². The number of imidazole rings is 1. The third-order valence-electron chi connectivity index (χ3n) is 4.33. The van der Waals surface area contributed by atoms with Crippen LogP contribution in [0, 0.1) is 0 Å². The summed E-state index contributed by atoms with van der Waals surface area (Å²) in [7, 11) is 0. The Morgan fingerprint density at radius 2 is 2.13 bits per heavy atom. The van der Waals surface area contributed by atoms with Crippen LogP contribution < -0.4 is 5.32 Å². The van der Waals surface area contributed by atoms with Gasteiger partial charge in [0.25, 0.3) is 0 Å². The Balaban J connectivity index is 1.60. The van der Waals surface area contributed by atoms with Gasteiger partial charge in [-0.15, -0.1) is 0 Å². The highest BCUT2D eigenvalue weighted by Gasteiger charge is 2.41. The zero-order valence-corrected chi connectivity index (χ0v) is 14.1. The molecule has 7 nitrogen and oxygen atoms in total. The normalized spacial score (nSPS) is 26.4. The summed E-state index contributed by atoms with van der Waals surface area (Å²) in [6, 6.07) is -0.209. The fourth-order valence-electron chi connectivity index (χ4n) is 3.12. The lowest BCUT2D eigenvalue weighted by Gasteiger charge is -2.40. The Labute approximate surface area is 136 Å². The van der Waals surface area contributed by atoms with E-state index in [1.165, 1.54) is 4.90 Å². The van der Waals surface area contributed by atoms with E-state index in [0.717, 1.165) is 12.2 Å². The molecule has 1 aromatic heterocycles. The molecule has 126 valence electrons. The number of nitrogens with one attached hydrogen (secondary N) is 1. The van der Waals surface area contributed by atoms with Gasteiger partial charge in [-0.3, -0.25) is 9.69 Å². The number of nitrogens with zero attached hydrogens (tertiary/aromatic N) is 3. The number of carbonyl (C=O) groups is 2. The minimum atomic E-state index is -0.556. The molecule has 2 amide bonds. The molecule has 0 aliphatic carbocycles. The zero-order valence-electron chi connectivity index (χ0n) is 14.1. The van der Waals surface area contributed by atoms with Crippen LogP contribution in [-0.2, 0) is 9.53 Å². The van der Waals surface area contributed by atoms with E-state index in [-0.39, 0.29) is 11.9 Å². The van der Waals surface area contributed by atoms with Crippen LogP contribution in [0.15, 0.2) is 12.4 Å². The number of fused-ring (bicyclic) bond motifs is 1. The predicted octanol–water partition coefficient (Wildman–Crippen LogP) is 2.01. The summed E-state index contributed by atoms with van der Waals surface area (Å²) in [6.45, 7) is 8.12. The molecule has 2 aliphatic rings. The molecule has 0 saturated carbocycles. The Bertz CT molecular complexity index is 619. The quantitative estimate of drug-likeness (QED) is 0.904. The van der Waals surface area contributed by atoms with E-state index in [9.17, 15) is 9.59 Å². The number of rotatable bonds is 2. The summed E-state index contributed by atoms with van der Waals surface area (Å²) in [5.41, 5.74) is -0.556. The Morgan fingerprint density at radius 1 is 1.39 bits per heavy atom. The molecule has 3 heterocycles. The average molecular weight is 320 g/mol. The van der Waals surface area contributed by atoms with Gasteiger partial charge in [0.1, 0.15) is 17.5 Å². The second-order valence-corrected chi connectivity index (χ2v) is 7.32. The standard InChI is InChI=1S/C16H24N4O3/c1-10-9-11(13-17-6-8-19(10)13)18-14(21)12-5-7-20(12)15(22)23-16(2,3)4/h6,8,10-12H,5,7,9H2,1-4H3,(H,18,21)/t10-,11-,12+/m0/s1. The summed E-state index contributed by atoms with van der Waals surface area (Å²) in [5.74, 6) is 0.754. The van der Waals surface area contributed by atoms with Gasteiger partial charge in [0.2, 0.25) is 5.91 Å². The van der Waals surface area contributed by atoms with E-state index in [1.807, 2.05) is 27.0 Å². The maximum Gasteiger partial charge on any atom is 0.410 e. The summed E-state index contributed by atoms with van der Waals surface area (Å²) in [4.78, 5) is 30.4. The van der Waals surface area contributed by atoms with E-state index in [4.69, 9.17) is 4.74 Å². The molecule has 0 radical (unpaired) electrons. The van der Waals surface area contributed by atoms with Crippen molar-refractivity contribution in [1.82, 2.24) is 19.8 Å². The van der Waals surface area contributed by atoms with Gasteiger partial charge >= 0.3 is 6.09 Å². The van der Waals surface area contributed by atoms with Crippen molar-refractivity contribution in [3.63, 3.8) is 0 Å². The summed E-state index contributed by atoms with van der Waals surface area (Å²) >= 11 is 0. The number of aromatic nitrogens is 2. The van der Waals surface area contributed by atoms with E-state index in [1.54, 1.807) is 6.20 Å². The Morgan fingerprint density at radius 3 is 2.74 bits per heavy atom. The molecule has 2 aliphatic heterocycles. The molecule has 1 saturated heterocycles. The van der Waals surface area contributed by atoms with Gasteiger partial charge in [-0.25, -0.2) is 9.78 Å². The molecular weight excluding hydrogens is 296 g/mol. The van der Waals surface area contributed by atoms with Crippen LogP contribution in [-0.4, -0.2) is 44.6 Å². The molecule has 3 rings (SSSR count). The van der Waals surface area contributed by atoms with Crippen molar-refractivity contribution >= 4 is 12.0 Å². The zero-order chi connectivity index (χ0) is 16.8. The molecule has 1 N–H and O–H groups in total. The van der Waals surface area contributed by atoms with Gasteiger partial charge in [0, 0.05) is 25.0 Å². The summed E-state index contributed by atoms with van der Waals surface area (Å²) in [6.07, 6.45) is 4.75. The lowest BCUT2D eigenvalue weighted by Crippen LogP contribution is -2.59. The van der Waals surface area contributed by atoms with Crippen LogP contribution in [0.4, 0.5) is 4.79 Å². The largest absolute Gasteiger partial charge is 0.444 e. The third kappa shape index (κ3) is 3.04. The molecule has 0 spiro atoms. The van der Waals surface area contributed by atoms with Gasteiger partial charge in [-0.1, -0.05) is 0 Å². The lowest BCUT2D eigenvalue weighted by atomic mass is 10.0. The van der Waals surface area contributed by atoms with Crippen LogP contribution >= 0.6 is 0 Å². The average Bonchev–Trinajstić information content (AvgIpc) is 2.91. The Kier molecular flexibility index (Phi) is 3.82. The fraction of sp³-hybridized carbons (Fsp3) is 0.688. The number of amides is 2. The lowest BCUT2D eigenvalue weighted by molar-refractivity contribution is -0.131. The third-order valence-corrected chi connectivity index (χ3v) is 4.33. The topological polar surface area (TPSA) is 76.5 Å². The molecule has 1 aromatic rings. The van der Waals surface area contributed by atoms with Crippen molar-refractivity contribution in [3.05, 3.63) is 18.2 Å². The monoisotopic (exact) mass is 320 g/mol. The molecule has 23 heavy (non-hydrogen) atoms. The smallest absolute Gasteiger partial charge is 0.410 e. The second-order valence-electron chi connectivity index (χ2n) is 7.32. The Hall–Kier alpha value is -2.05. The van der Waals surface area contributed by atoms with Crippen molar-refractivity contribution in [1.29, 1.82) is 0 Å². The van der Waals surface area contributed by atoms with Gasteiger partial charge in [-0.05, 0) is 40.5 Å². The van der Waals surface area contributed by atoms with Crippen LogP contribution in [0.25, 0.3) is 0 Å². The number of likely N-dealkylation sites (tertiary alicyclic amines) is 1. The number of hydrogen-bond donors (Lipinski definition) is 1. The molecule has 3 atom stereocenters. The first-order chi connectivity index (χ1) is 10.8. The molecule has 0 aromatic carbocycles. The molecular formula is C16H24N4O3. The maximum absolute atomic E-state index is 12.5. The highest BCUT2D eigenvalue weighted by atomic mass is 16.6. The van der Waals surface area contributed by atoms with E-state index < -0.39 is 17.7 Å². The van der Waals surface area contributed by atoms with E-state index >= 15 is 0 Å². The molecule has 7 heteroatoms. The first-order valence-corrected chi connectivity index (χ1v) is 8.09. The summed E-state index contributed by atoms with van der Waals surface area (Å²) in [5, 5.41) is 3.03. The molecule has 0 bridgehead atoms. The highest BCUT2D eigenvalue weighted by molar-refractivity contribution is 5.87. The minimum absolute atomic E-state index is 0.0893. The van der Waals surface area contributed by atoms with Gasteiger partial charge < -0.3 is 14.6 Å². The highest BCUT2D eigenvalue weighted by Crippen LogP contribution is 2.33. The van der Waals surface area contributed by atoms with Crippen LogP contribution in [0.1, 0.15) is 58.4 Å². The van der Waals surface area contributed by atoms with Crippen molar-refractivity contribution in [3.8, 4) is 0 Å². The first-order valence-electron chi connectivity index (χ1n) is 8.09. The number of ether oxygens (including phenoxy) is 1. The fourth-order valence-corrected chi connectivity index (χ4v) is 3.12. The van der Waals surface area contributed by atoms with Crippen LogP contribution in [0.5, 0.6) is 0 Å². The second kappa shape index (κ2) is 5.54. The van der Waals surface area contributed by atoms with Crippen molar-refractivity contribution in [2.24, 2.45) is 0 Å². The number of hydrogen-bond acceptors (Lipinski definition) is 4. The van der Waals surface area contributed by atoms with Crippen LogP contribution in [0.3, 0.4) is 0 Å². The van der Waals surface area contributed by atoms with E-state index in [0.29, 0.717) is 19.0 Å². The predicted molar refractivity (Wildman–Crippen MR) is 83.8 cm³/mol.